The first kappa shape index (κ1) is 12.6. The molecule has 2 bridgehead atoms. The van der Waals surface area contributed by atoms with Gasteiger partial charge >= 0.3 is 0 Å². The van der Waals surface area contributed by atoms with E-state index in [-0.39, 0.29) is 5.91 Å². The first-order valence-electron chi connectivity index (χ1n) is 7.34. The number of hydrogen-bond donors (Lipinski definition) is 1. The lowest BCUT2D eigenvalue weighted by atomic mass is 9.84. The van der Waals surface area contributed by atoms with Gasteiger partial charge in [0.05, 0.1) is 6.54 Å². The van der Waals surface area contributed by atoms with Gasteiger partial charge in [-0.1, -0.05) is 6.42 Å². The van der Waals surface area contributed by atoms with Crippen molar-refractivity contribution in [1.29, 1.82) is 0 Å². The molecule has 1 heterocycles. The Hall–Kier alpha value is -1.39. The topological polar surface area (TPSA) is 59.8 Å². The Kier molecular flexibility index (Phi) is 3.53. The number of nitrogens with one attached hydrogen (secondary N) is 1. The number of fused-ring (bicyclic) bond motifs is 2. The van der Waals surface area contributed by atoms with E-state index in [9.17, 15) is 4.79 Å². The Morgan fingerprint density at radius 3 is 3.00 bits per heavy atom. The van der Waals surface area contributed by atoms with Crippen LogP contribution in [-0.4, -0.2) is 26.7 Å². The third-order valence-electron chi connectivity index (χ3n) is 4.86. The van der Waals surface area contributed by atoms with Crippen LogP contribution in [0.3, 0.4) is 0 Å². The molecule has 4 unspecified atom stereocenters. The summed E-state index contributed by atoms with van der Waals surface area (Å²) in [7, 11) is 0. The van der Waals surface area contributed by atoms with Crippen molar-refractivity contribution in [3.63, 3.8) is 0 Å². The van der Waals surface area contributed by atoms with Gasteiger partial charge < -0.3 is 5.32 Å². The largest absolute Gasteiger partial charge is 0.353 e. The monoisotopic (exact) mass is 262 g/mol. The molecule has 0 aliphatic heterocycles. The van der Waals surface area contributed by atoms with Crippen LogP contribution in [0, 0.1) is 17.8 Å². The Bertz CT molecular complexity index is 431. The molecule has 104 valence electrons. The second-order valence-corrected chi connectivity index (χ2v) is 6.10. The first-order valence-corrected chi connectivity index (χ1v) is 7.34. The molecule has 0 spiro atoms. The SMILES string of the molecule is CC(NC(=O)CCn1cncn1)C1CC2CCC1C2. The number of aryl methyl sites for hydroxylation is 1. The lowest BCUT2D eigenvalue weighted by Crippen LogP contribution is -2.40. The summed E-state index contributed by atoms with van der Waals surface area (Å²) in [5, 5.41) is 7.17. The molecule has 2 fully saturated rings. The second kappa shape index (κ2) is 5.31. The molecule has 0 saturated heterocycles. The fourth-order valence-corrected chi connectivity index (χ4v) is 3.90. The van der Waals surface area contributed by atoms with E-state index in [0.29, 0.717) is 24.9 Å². The maximum Gasteiger partial charge on any atom is 0.222 e. The van der Waals surface area contributed by atoms with Crippen LogP contribution in [-0.2, 0) is 11.3 Å². The van der Waals surface area contributed by atoms with Gasteiger partial charge in [0.25, 0.3) is 0 Å². The van der Waals surface area contributed by atoms with Crippen LogP contribution in [0.5, 0.6) is 0 Å². The number of aromatic nitrogens is 3. The Morgan fingerprint density at radius 1 is 1.47 bits per heavy atom. The van der Waals surface area contributed by atoms with Gasteiger partial charge in [0.15, 0.2) is 0 Å². The van der Waals surface area contributed by atoms with Crippen LogP contribution < -0.4 is 5.32 Å². The summed E-state index contributed by atoms with van der Waals surface area (Å²) in [5.74, 6) is 2.62. The van der Waals surface area contributed by atoms with Gasteiger partial charge in [-0.05, 0) is 43.9 Å². The van der Waals surface area contributed by atoms with E-state index in [0.717, 1.165) is 11.8 Å². The van der Waals surface area contributed by atoms with Crippen molar-refractivity contribution >= 4 is 5.91 Å². The molecule has 2 saturated carbocycles. The van der Waals surface area contributed by atoms with E-state index in [1.165, 1.54) is 32.0 Å². The van der Waals surface area contributed by atoms with E-state index in [1.807, 2.05) is 0 Å². The molecule has 2 aliphatic carbocycles. The van der Waals surface area contributed by atoms with Gasteiger partial charge in [-0.15, -0.1) is 0 Å². The summed E-state index contributed by atoms with van der Waals surface area (Å²) in [6, 6.07) is 0.318. The molecule has 0 radical (unpaired) electrons. The number of nitrogens with zero attached hydrogens (tertiary/aromatic N) is 3. The van der Waals surface area contributed by atoms with E-state index >= 15 is 0 Å². The van der Waals surface area contributed by atoms with E-state index in [4.69, 9.17) is 0 Å². The van der Waals surface area contributed by atoms with Crippen molar-refractivity contribution < 1.29 is 4.79 Å². The number of hydrogen-bond acceptors (Lipinski definition) is 3. The van der Waals surface area contributed by atoms with Crippen LogP contribution in [0.15, 0.2) is 12.7 Å². The first-order chi connectivity index (χ1) is 9.22. The van der Waals surface area contributed by atoms with Crippen molar-refractivity contribution in [3.8, 4) is 0 Å². The van der Waals surface area contributed by atoms with Gasteiger partial charge in [0.2, 0.25) is 5.91 Å². The Labute approximate surface area is 113 Å². The molecule has 3 rings (SSSR count). The normalized spacial score (nSPS) is 30.5. The quantitative estimate of drug-likeness (QED) is 0.877. The highest BCUT2D eigenvalue weighted by atomic mass is 16.1. The molecule has 1 amide bonds. The van der Waals surface area contributed by atoms with E-state index in [1.54, 1.807) is 11.0 Å². The van der Waals surface area contributed by atoms with Crippen molar-refractivity contribution in [2.24, 2.45) is 17.8 Å². The smallest absolute Gasteiger partial charge is 0.222 e. The third kappa shape index (κ3) is 2.80. The number of carbonyl (C=O) groups is 1. The van der Waals surface area contributed by atoms with Crippen molar-refractivity contribution in [2.45, 2.75) is 51.6 Å². The lowest BCUT2D eigenvalue weighted by molar-refractivity contribution is -0.122. The van der Waals surface area contributed by atoms with Gasteiger partial charge in [-0.25, -0.2) is 4.98 Å². The molecule has 2 aliphatic rings. The highest BCUT2D eigenvalue weighted by Crippen LogP contribution is 2.49. The lowest BCUT2D eigenvalue weighted by Gasteiger charge is -2.28. The second-order valence-electron chi connectivity index (χ2n) is 6.10. The molecule has 1 aromatic rings. The summed E-state index contributed by atoms with van der Waals surface area (Å²) in [6.07, 6.45) is 9.11. The molecule has 1 aromatic heterocycles. The summed E-state index contributed by atoms with van der Waals surface area (Å²) in [6.45, 7) is 2.77. The molecule has 5 heteroatoms. The minimum Gasteiger partial charge on any atom is -0.353 e. The maximum absolute atomic E-state index is 11.9. The predicted molar refractivity (Wildman–Crippen MR) is 71.2 cm³/mol. The summed E-state index contributed by atoms with van der Waals surface area (Å²) >= 11 is 0. The average molecular weight is 262 g/mol. The van der Waals surface area contributed by atoms with E-state index in [2.05, 4.69) is 22.3 Å². The van der Waals surface area contributed by atoms with Crippen LogP contribution in [0.4, 0.5) is 0 Å². The molecular formula is C14H22N4O. The predicted octanol–water partition coefficient (Wildman–Crippen LogP) is 1.61. The fraction of sp³-hybridized carbons (Fsp3) is 0.786. The number of carbonyl (C=O) groups excluding carboxylic acids is 1. The summed E-state index contributed by atoms with van der Waals surface area (Å²) in [5.41, 5.74) is 0. The van der Waals surface area contributed by atoms with Gasteiger partial charge in [-0.2, -0.15) is 5.10 Å². The Morgan fingerprint density at radius 2 is 2.37 bits per heavy atom. The highest BCUT2D eigenvalue weighted by Gasteiger charge is 2.41. The van der Waals surface area contributed by atoms with Crippen LogP contribution in [0.1, 0.15) is 39.0 Å². The standard InChI is InChI=1S/C14H22N4O/c1-10(13-7-11-2-3-12(13)6-11)17-14(19)4-5-18-9-15-8-16-18/h8-13H,2-7H2,1H3,(H,17,19). The minimum atomic E-state index is 0.130. The highest BCUT2D eigenvalue weighted by molar-refractivity contribution is 5.76. The number of rotatable bonds is 5. The van der Waals surface area contributed by atoms with Gasteiger partial charge in [0, 0.05) is 12.5 Å². The number of amides is 1. The van der Waals surface area contributed by atoms with Crippen LogP contribution in [0.2, 0.25) is 0 Å². The summed E-state index contributed by atoms with van der Waals surface area (Å²) in [4.78, 5) is 15.8. The molecule has 1 N–H and O–H groups in total. The van der Waals surface area contributed by atoms with Crippen LogP contribution in [0.25, 0.3) is 0 Å². The van der Waals surface area contributed by atoms with E-state index < -0.39 is 0 Å². The van der Waals surface area contributed by atoms with Gasteiger partial charge in [0.1, 0.15) is 12.7 Å². The molecular weight excluding hydrogens is 240 g/mol. The maximum atomic E-state index is 11.9. The zero-order valence-electron chi connectivity index (χ0n) is 11.5. The van der Waals surface area contributed by atoms with Crippen LogP contribution >= 0.6 is 0 Å². The zero-order valence-corrected chi connectivity index (χ0v) is 11.5. The molecule has 4 atom stereocenters. The molecule has 5 nitrogen and oxygen atoms in total. The van der Waals surface area contributed by atoms with Gasteiger partial charge in [-0.3, -0.25) is 9.48 Å². The molecule has 19 heavy (non-hydrogen) atoms. The zero-order chi connectivity index (χ0) is 13.2. The van der Waals surface area contributed by atoms with Crippen molar-refractivity contribution in [3.05, 3.63) is 12.7 Å². The fourth-order valence-electron chi connectivity index (χ4n) is 3.90. The minimum absolute atomic E-state index is 0.130. The summed E-state index contributed by atoms with van der Waals surface area (Å²) < 4.78 is 1.70. The third-order valence-corrected chi connectivity index (χ3v) is 4.86. The van der Waals surface area contributed by atoms with Crippen molar-refractivity contribution in [2.75, 3.05) is 0 Å². The Balaban J connectivity index is 1.44. The van der Waals surface area contributed by atoms with Crippen molar-refractivity contribution in [1.82, 2.24) is 20.1 Å². The molecule has 0 aromatic carbocycles. The average Bonchev–Trinajstić information content (AvgIpc) is 3.13.